The van der Waals surface area contributed by atoms with Crippen molar-refractivity contribution in [2.24, 2.45) is 11.1 Å². The van der Waals surface area contributed by atoms with Gasteiger partial charge in [0.2, 0.25) is 0 Å². The molecule has 1 unspecified atom stereocenters. The quantitative estimate of drug-likeness (QED) is 0.832. The number of carbonyl (C=O) groups excluding carboxylic acids is 1. The van der Waals surface area contributed by atoms with Crippen molar-refractivity contribution in [3.05, 3.63) is 16.1 Å². The summed E-state index contributed by atoms with van der Waals surface area (Å²) >= 11 is 1.45. The molecule has 1 heterocycles. The normalized spacial score (nSPS) is 18.4. The van der Waals surface area contributed by atoms with Gasteiger partial charge >= 0.3 is 0 Å². The molecule has 0 bridgehead atoms. The zero-order chi connectivity index (χ0) is 13.2. The lowest BCUT2D eigenvalue weighted by Crippen LogP contribution is -2.30. The van der Waals surface area contributed by atoms with Crippen LogP contribution in [-0.2, 0) is 0 Å². The Labute approximate surface area is 112 Å². The highest BCUT2D eigenvalue weighted by molar-refractivity contribution is 7.09. The van der Waals surface area contributed by atoms with Crippen LogP contribution in [0.4, 0.5) is 0 Å². The fourth-order valence-electron chi connectivity index (χ4n) is 2.18. The molecule has 3 N–H and O–H groups in total. The number of nitrogens with two attached hydrogens (primary N) is 1. The number of aromatic nitrogens is 1. The maximum Gasteiger partial charge on any atom is 0.270 e. The van der Waals surface area contributed by atoms with Gasteiger partial charge in [0.05, 0.1) is 6.04 Å². The Morgan fingerprint density at radius 2 is 2.39 bits per heavy atom. The molecule has 1 aromatic heterocycles. The van der Waals surface area contributed by atoms with Crippen LogP contribution in [-0.4, -0.2) is 17.4 Å². The van der Waals surface area contributed by atoms with E-state index in [1.165, 1.54) is 37.0 Å². The lowest BCUT2D eigenvalue weighted by Gasteiger charge is -2.14. The van der Waals surface area contributed by atoms with Crippen LogP contribution < -0.4 is 11.1 Å². The highest BCUT2D eigenvalue weighted by Crippen LogP contribution is 2.48. The molecule has 100 valence electrons. The van der Waals surface area contributed by atoms with Gasteiger partial charge in [-0.2, -0.15) is 0 Å². The van der Waals surface area contributed by atoms with E-state index in [1.807, 2.05) is 6.92 Å². The minimum atomic E-state index is -0.105. The summed E-state index contributed by atoms with van der Waals surface area (Å²) in [5.41, 5.74) is 6.62. The Hall–Kier alpha value is -0.940. The number of rotatable bonds is 6. The predicted octanol–water partition coefficient (Wildman–Crippen LogP) is 2.47. The summed E-state index contributed by atoms with van der Waals surface area (Å²) in [6.07, 6.45) is 4.86. The third-order valence-electron chi connectivity index (χ3n) is 3.51. The fraction of sp³-hybridized carbons (Fsp3) is 0.692. The number of amides is 1. The first-order valence-corrected chi connectivity index (χ1v) is 7.43. The molecular formula is C13H21N3OS. The van der Waals surface area contributed by atoms with Gasteiger partial charge in [0.15, 0.2) is 0 Å². The van der Waals surface area contributed by atoms with E-state index in [9.17, 15) is 4.79 Å². The SMILES string of the molecule is CCCC1(CNC(=O)c2csc(C(C)N)n2)CC1. The Morgan fingerprint density at radius 1 is 1.67 bits per heavy atom. The summed E-state index contributed by atoms with van der Waals surface area (Å²) in [4.78, 5) is 16.2. The minimum Gasteiger partial charge on any atom is -0.350 e. The first-order valence-electron chi connectivity index (χ1n) is 6.55. The molecule has 0 radical (unpaired) electrons. The van der Waals surface area contributed by atoms with Crippen molar-refractivity contribution >= 4 is 17.2 Å². The molecule has 1 aliphatic carbocycles. The molecule has 1 fully saturated rings. The lowest BCUT2D eigenvalue weighted by atomic mass is 10.0. The lowest BCUT2D eigenvalue weighted by molar-refractivity contribution is 0.0939. The highest BCUT2D eigenvalue weighted by Gasteiger charge is 2.41. The van der Waals surface area contributed by atoms with E-state index in [2.05, 4.69) is 17.2 Å². The molecular weight excluding hydrogens is 246 g/mol. The number of carbonyl (C=O) groups is 1. The van der Waals surface area contributed by atoms with Crippen molar-refractivity contribution in [1.29, 1.82) is 0 Å². The average Bonchev–Trinajstić information content (AvgIpc) is 2.92. The predicted molar refractivity (Wildman–Crippen MR) is 73.6 cm³/mol. The van der Waals surface area contributed by atoms with Crippen molar-refractivity contribution in [1.82, 2.24) is 10.3 Å². The number of hydrogen-bond donors (Lipinski definition) is 2. The van der Waals surface area contributed by atoms with E-state index < -0.39 is 0 Å². The molecule has 1 atom stereocenters. The Morgan fingerprint density at radius 3 is 2.89 bits per heavy atom. The molecule has 2 rings (SSSR count). The average molecular weight is 267 g/mol. The van der Waals surface area contributed by atoms with Crippen molar-refractivity contribution in [2.75, 3.05) is 6.54 Å². The molecule has 1 aromatic rings. The molecule has 0 aliphatic heterocycles. The van der Waals surface area contributed by atoms with Gasteiger partial charge in [-0.1, -0.05) is 13.3 Å². The molecule has 0 aromatic carbocycles. The Balaban J connectivity index is 1.87. The zero-order valence-corrected chi connectivity index (χ0v) is 11.8. The Bertz CT molecular complexity index is 424. The van der Waals surface area contributed by atoms with Crippen molar-refractivity contribution in [2.45, 2.75) is 45.6 Å². The van der Waals surface area contributed by atoms with Crippen LogP contribution in [0.1, 0.15) is 61.1 Å². The smallest absolute Gasteiger partial charge is 0.270 e. The second kappa shape index (κ2) is 5.36. The molecule has 0 saturated heterocycles. The van der Waals surface area contributed by atoms with Crippen LogP contribution in [0.15, 0.2) is 5.38 Å². The van der Waals surface area contributed by atoms with E-state index in [0.29, 0.717) is 11.1 Å². The van der Waals surface area contributed by atoms with Crippen molar-refractivity contribution in [3.8, 4) is 0 Å². The number of nitrogens with one attached hydrogen (secondary N) is 1. The summed E-state index contributed by atoms with van der Waals surface area (Å²) in [6, 6.07) is -0.105. The van der Waals surface area contributed by atoms with E-state index >= 15 is 0 Å². The molecule has 4 nitrogen and oxygen atoms in total. The fourth-order valence-corrected chi connectivity index (χ4v) is 2.94. The van der Waals surface area contributed by atoms with Gasteiger partial charge < -0.3 is 11.1 Å². The maximum atomic E-state index is 12.0. The zero-order valence-electron chi connectivity index (χ0n) is 11.0. The number of nitrogens with zero attached hydrogens (tertiary/aromatic N) is 1. The Kier molecular flexibility index (Phi) is 4.02. The summed E-state index contributed by atoms with van der Waals surface area (Å²) < 4.78 is 0. The van der Waals surface area contributed by atoms with Gasteiger partial charge in [-0.3, -0.25) is 4.79 Å². The van der Waals surface area contributed by atoms with E-state index in [4.69, 9.17) is 5.73 Å². The van der Waals surface area contributed by atoms with Gasteiger partial charge in [-0.25, -0.2) is 4.98 Å². The van der Waals surface area contributed by atoms with Crippen LogP contribution >= 0.6 is 11.3 Å². The summed E-state index contributed by atoms with van der Waals surface area (Å²) in [7, 11) is 0. The van der Waals surface area contributed by atoms with Gasteiger partial charge in [0.1, 0.15) is 10.7 Å². The van der Waals surface area contributed by atoms with Gasteiger partial charge in [-0.15, -0.1) is 11.3 Å². The van der Waals surface area contributed by atoms with Crippen LogP contribution in [0.5, 0.6) is 0 Å². The monoisotopic (exact) mass is 267 g/mol. The summed E-state index contributed by atoms with van der Waals surface area (Å²) in [5.74, 6) is -0.0690. The topological polar surface area (TPSA) is 68.0 Å². The van der Waals surface area contributed by atoms with Crippen LogP contribution in [0, 0.1) is 5.41 Å². The van der Waals surface area contributed by atoms with Gasteiger partial charge in [0.25, 0.3) is 5.91 Å². The third-order valence-corrected chi connectivity index (χ3v) is 4.55. The third kappa shape index (κ3) is 3.09. The van der Waals surface area contributed by atoms with Gasteiger partial charge in [0, 0.05) is 11.9 Å². The minimum absolute atomic E-state index is 0.0690. The van der Waals surface area contributed by atoms with Crippen LogP contribution in [0.3, 0.4) is 0 Å². The first kappa shape index (κ1) is 13.5. The standard InChI is InChI=1S/C13H21N3OS/c1-3-4-13(5-6-13)8-15-11(17)10-7-18-12(16-10)9(2)14/h7,9H,3-6,8,14H2,1-2H3,(H,15,17). The van der Waals surface area contributed by atoms with E-state index in [-0.39, 0.29) is 11.9 Å². The van der Waals surface area contributed by atoms with Crippen LogP contribution in [0.25, 0.3) is 0 Å². The first-order chi connectivity index (χ1) is 8.56. The molecule has 18 heavy (non-hydrogen) atoms. The largest absolute Gasteiger partial charge is 0.350 e. The number of thiazole rings is 1. The van der Waals surface area contributed by atoms with E-state index in [1.54, 1.807) is 5.38 Å². The summed E-state index contributed by atoms with van der Waals surface area (Å²) in [5, 5.41) is 5.60. The molecule has 1 amide bonds. The van der Waals surface area contributed by atoms with Gasteiger partial charge in [-0.05, 0) is 31.6 Å². The second-order valence-electron chi connectivity index (χ2n) is 5.29. The van der Waals surface area contributed by atoms with E-state index in [0.717, 1.165) is 11.6 Å². The molecule has 0 spiro atoms. The number of hydrogen-bond acceptors (Lipinski definition) is 4. The van der Waals surface area contributed by atoms with Crippen molar-refractivity contribution < 1.29 is 4.79 Å². The highest BCUT2D eigenvalue weighted by atomic mass is 32.1. The molecule has 1 saturated carbocycles. The second-order valence-corrected chi connectivity index (χ2v) is 6.18. The molecule has 5 heteroatoms. The van der Waals surface area contributed by atoms with Crippen molar-refractivity contribution in [3.63, 3.8) is 0 Å². The molecule has 1 aliphatic rings. The summed E-state index contributed by atoms with van der Waals surface area (Å²) in [6.45, 7) is 4.85. The van der Waals surface area contributed by atoms with Crippen LogP contribution in [0.2, 0.25) is 0 Å². The maximum absolute atomic E-state index is 12.0.